The van der Waals surface area contributed by atoms with E-state index in [1.807, 2.05) is 24.3 Å². The lowest BCUT2D eigenvalue weighted by atomic mass is 10.1. The van der Waals surface area contributed by atoms with E-state index in [-0.39, 0.29) is 30.4 Å². The molecule has 4 rings (SSSR count). The van der Waals surface area contributed by atoms with E-state index >= 15 is 0 Å². The van der Waals surface area contributed by atoms with Crippen LogP contribution in [0.2, 0.25) is 0 Å². The Morgan fingerprint density at radius 3 is 2.28 bits per heavy atom. The van der Waals surface area contributed by atoms with E-state index in [1.54, 1.807) is 30.3 Å². The van der Waals surface area contributed by atoms with Gasteiger partial charge < -0.3 is 11.1 Å². The molecule has 0 saturated carbocycles. The van der Waals surface area contributed by atoms with Crippen molar-refractivity contribution in [2.45, 2.75) is 0 Å². The van der Waals surface area contributed by atoms with Gasteiger partial charge in [-0.3, -0.25) is 14.8 Å². The standard InChI is InChI=1S/C21H19N5O4S.ClH/c22-11-12-31(29,30)25-15-7-5-14(6-8-15)23-21-17-3-1-2-4-19(17)24-20-13-16(26(27)28)9-10-18(20)21;/h1-10,13,25H,11-12,22H2,(H,23,24);1H. The molecule has 1 aromatic heterocycles. The van der Waals surface area contributed by atoms with Crippen LogP contribution in [0, 0.1) is 10.1 Å². The molecule has 0 fully saturated rings. The van der Waals surface area contributed by atoms with Gasteiger partial charge in [0.15, 0.2) is 0 Å². The number of nitrogens with one attached hydrogen (secondary N) is 2. The topological polar surface area (TPSA) is 140 Å². The fraction of sp³-hybridized carbons (Fsp3) is 0.0952. The van der Waals surface area contributed by atoms with Crippen LogP contribution >= 0.6 is 12.4 Å². The number of para-hydroxylation sites is 1. The summed E-state index contributed by atoms with van der Waals surface area (Å²) < 4.78 is 26.2. The number of benzene rings is 3. The molecule has 0 aliphatic carbocycles. The van der Waals surface area contributed by atoms with Crippen LogP contribution in [0.25, 0.3) is 21.8 Å². The zero-order chi connectivity index (χ0) is 22.0. The molecule has 4 aromatic rings. The van der Waals surface area contributed by atoms with Crippen LogP contribution in [-0.2, 0) is 10.0 Å². The Kier molecular flexibility index (Phi) is 6.78. The average Bonchev–Trinajstić information content (AvgIpc) is 2.74. The third-order valence-electron chi connectivity index (χ3n) is 4.69. The molecule has 9 nitrogen and oxygen atoms in total. The molecule has 0 radical (unpaired) electrons. The number of rotatable bonds is 7. The quantitative estimate of drug-likeness (QED) is 0.208. The largest absolute Gasteiger partial charge is 0.354 e. The predicted molar refractivity (Wildman–Crippen MR) is 129 cm³/mol. The molecule has 4 N–H and O–H groups in total. The van der Waals surface area contributed by atoms with Crippen LogP contribution in [0.4, 0.5) is 22.7 Å². The lowest BCUT2D eigenvalue weighted by Gasteiger charge is -2.14. The Morgan fingerprint density at radius 2 is 1.59 bits per heavy atom. The van der Waals surface area contributed by atoms with E-state index in [1.165, 1.54) is 12.1 Å². The first-order valence-electron chi connectivity index (χ1n) is 9.41. The normalized spacial score (nSPS) is 11.2. The maximum Gasteiger partial charge on any atom is 0.271 e. The number of pyridine rings is 1. The lowest BCUT2D eigenvalue weighted by molar-refractivity contribution is -0.384. The van der Waals surface area contributed by atoms with E-state index in [0.717, 1.165) is 22.1 Å². The van der Waals surface area contributed by atoms with Crippen molar-refractivity contribution in [2.24, 2.45) is 5.73 Å². The summed E-state index contributed by atoms with van der Waals surface area (Å²) in [5, 5.41) is 16.1. The third kappa shape index (κ3) is 4.88. The van der Waals surface area contributed by atoms with E-state index in [4.69, 9.17) is 5.73 Å². The monoisotopic (exact) mass is 473 g/mol. The summed E-state index contributed by atoms with van der Waals surface area (Å²) in [6, 6.07) is 18.8. The Hall–Kier alpha value is -3.47. The minimum Gasteiger partial charge on any atom is -0.354 e. The Bertz CT molecular complexity index is 1400. The second-order valence-corrected chi connectivity index (χ2v) is 8.72. The summed E-state index contributed by atoms with van der Waals surface area (Å²) in [5.74, 6) is -0.159. The number of aromatic nitrogens is 1. The summed E-state index contributed by atoms with van der Waals surface area (Å²) in [6.45, 7) is 0.0370. The van der Waals surface area contributed by atoms with Gasteiger partial charge in [-0.1, -0.05) is 18.2 Å². The number of sulfonamides is 1. The van der Waals surface area contributed by atoms with Crippen molar-refractivity contribution in [1.29, 1.82) is 0 Å². The molecule has 1 heterocycles. The van der Waals surface area contributed by atoms with Crippen LogP contribution in [0.15, 0.2) is 66.7 Å². The number of nitrogens with zero attached hydrogens (tertiary/aromatic N) is 2. The third-order valence-corrected chi connectivity index (χ3v) is 6.01. The molecule has 0 saturated heterocycles. The average molecular weight is 474 g/mol. The number of nitro groups is 1. The van der Waals surface area contributed by atoms with Crippen molar-refractivity contribution >= 4 is 67.0 Å². The number of halogens is 1. The van der Waals surface area contributed by atoms with Gasteiger partial charge >= 0.3 is 0 Å². The highest BCUT2D eigenvalue weighted by molar-refractivity contribution is 7.92. The van der Waals surface area contributed by atoms with Gasteiger partial charge in [0.25, 0.3) is 5.69 Å². The maximum absolute atomic E-state index is 11.9. The maximum atomic E-state index is 11.9. The van der Waals surface area contributed by atoms with E-state index < -0.39 is 14.9 Å². The molecule has 166 valence electrons. The molecule has 32 heavy (non-hydrogen) atoms. The van der Waals surface area contributed by atoms with E-state index in [2.05, 4.69) is 15.0 Å². The van der Waals surface area contributed by atoms with Crippen LogP contribution < -0.4 is 15.8 Å². The molecule has 11 heteroatoms. The van der Waals surface area contributed by atoms with E-state index in [0.29, 0.717) is 16.7 Å². The van der Waals surface area contributed by atoms with Gasteiger partial charge in [-0.15, -0.1) is 12.4 Å². The zero-order valence-corrected chi connectivity index (χ0v) is 18.3. The number of fused-ring (bicyclic) bond motifs is 2. The number of nitro benzene ring substituents is 1. The second kappa shape index (κ2) is 9.35. The van der Waals surface area contributed by atoms with Crippen LogP contribution in [0.5, 0.6) is 0 Å². The van der Waals surface area contributed by atoms with Gasteiger partial charge in [0.2, 0.25) is 10.0 Å². The first-order valence-corrected chi connectivity index (χ1v) is 11.1. The van der Waals surface area contributed by atoms with Crippen molar-refractivity contribution in [3.05, 3.63) is 76.8 Å². The Labute approximate surface area is 190 Å². The number of hydrogen-bond acceptors (Lipinski definition) is 7. The summed E-state index contributed by atoms with van der Waals surface area (Å²) in [7, 11) is -3.48. The number of non-ortho nitro benzene ring substituents is 1. The van der Waals surface area contributed by atoms with Gasteiger partial charge in [-0.2, -0.15) is 0 Å². The fourth-order valence-corrected chi connectivity index (χ4v) is 4.19. The first-order chi connectivity index (χ1) is 14.9. The zero-order valence-electron chi connectivity index (χ0n) is 16.7. The molecule has 0 amide bonds. The molecule has 0 atom stereocenters. The van der Waals surface area contributed by atoms with Crippen molar-refractivity contribution in [2.75, 3.05) is 22.3 Å². The van der Waals surface area contributed by atoms with Gasteiger partial charge in [0.1, 0.15) is 0 Å². The van der Waals surface area contributed by atoms with Crippen LogP contribution in [0.1, 0.15) is 0 Å². The van der Waals surface area contributed by atoms with Crippen molar-refractivity contribution in [1.82, 2.24) is 4.98 Å². The molecule has 0 unspecified atom stereocenters. The highest BCUT2D eigenvalue weighted by Gasteiger charge is 2.14. The van der Waals surface area contributed by atoms with E-state index in [9.17, 15) is 18.5 Å². The van der Waals surface area contributed by atoms with Crippen molar-refractivity contribution in [3.63, 3.8) is 0 Å². The molecular weight excluding hydrogens is 454 g/mol. The number of nitrogens with two attached hydrogens (primary N) is 1. The van der Waals surface area contributed by atoms with Gasteiger partial charge in [0, 0.05) is 40.8 Å². The summed E-state index contributed by atoms with van der Waals surface area (Å²) >= 11 is 0. The molecule has 0 aliphatic rings. The van der Waals surface area contributed by atoms with Crippen LogP contribution in [0.3, 0.4) is 0 Å². The Balaban J connectivity index is 0.00000289. The predicted octanol–water partition coefficient (Wildman–Crippen LogP) is 4.16. The molecule has 0 aliphatic heterocycles. The smallest absolute Gasteiger partial charge is 0.271 e. The summed E-state index contributed by atoms with van der Waals surface area (Å²) in [6.07, 6.45) is 0. The number of hydrogen-bond donors (Lipinski definition) is 3. The first kappa shape index (κ1) is 23.2. The minimum absolute atomic E-state index is 0. The van der Waals surface area contributed by atoms with Gasteiger partial charge in [-0.25, -0.2) is 13.4 Å². The highest BCUT2D eigenvalue weighted by Crippen LogP contribution is 2.34. The minimum atomic E-state index is -3.48. The highest BCUT2D eigenvalue weighted by atomic mass is 35.5. The lowest BCUT2D eigenvalue weighted by Crippen LogP contribution is -2.22. The summed E-state index contributed by atoms with van der Waals surface area (Å²) in [4.78, 5) is 15.3. The van der Waals surface area contributed by atoms with Gasteiger partial charge in [-0.05, 0) is 36.4 Å². The fourth-order valence-electron chi connectivity index (χ4n) is 3.28. The van der Waals surface area contributed by atoms with Crippen molar-refractivity contribution in [3.8, 4) is 0 Å². The second-order valence-electron chi connectivity index (χ2n) is 6.87. The van der Waals surface area contributed by atoms with Crippen molar-refractivity contribution < 1.29 is 13.3 Å². The van der Waals surface area contributed by atoms with Gasteiger partial charge in [0.05, 0.1) is 27.4 Å². The summed E-state index contributed by atoms with van der Waals surface area (Å²) in [5.41, 5.74) is 8.40. The Morgan fingerprint density at radius 1 is 0.938 bits per heavy atom. The molecule has 0 spiro atoms. The molecule has 0 bridgehead atoms. The SMILES string of the molecule is Cl.NCCS(=O)(=O)Nc1ccc(Nc2c3ccccc3nc3cc([N+](=O)[O-])ccc23)cc1. The molecular formula is C21H20ClN5O4S. The van der Waals surface area contributed by atoms with Crippen LogP contribution in [-0.4, -0.2) is 30.6 Å². The molecule has 3 aromatic carbocycles. The number of anilines is 3.